The molecule has 1 N–H and O–H groups in total. The molecule has 1 atom stereocenters. The van der Waals surface area contributed by atoms with E-state index in [9.17, 15) is 4.79 Å². The summed E-state index contributed by atoms with van der Waals surface area (Å²) in [6.07, 6.45) is 1.72. The first-order valence-electron chi connectivity index (χ1n) is 9.71. The van der Waals surface area contributed by atoms with E-state index in [0.717, 1.165) is 18.4 Å². The summed E-state index contributed by atoms with van der Waals surface area (Å²) in [5.74, 6) is 2.28. The largest absolute Gasteiger partial charge is 0.454 e. The number of amides is 2. The van der Waals surface area contributed by atoms with Gasteiger partial charge in [-0.2, -0.15) is 0 Å². The van der Waals surface area contributed by atoms with Crippen LogP contribution in [-0.4, -0.2) is 41.0 Å². The van der Waals surface area contributed by atoms with Crippen LogP contribution < -0.4 is 14.8 Å². The maximum absolute atomic E-state index is 12.7. The highest BCUT2D eigenvalue weighted by Gasteiger charge is 2.29. The van der Waals surface area contributed by atoms with E-state index >= 15 is 0 Å². The van der Waals surface area contributed by atoms with Crippen LogP contribution in [0.15, 0.2) is 46.9 Å². The van der Waals surface area contributed by atoms with Crippen molar-refractivity contribution in [1.29, 1.82) is 0 Å². The van der Waals surface area contributed by atoms with Gasteiger partial charge in [0.2, 0.25) is 18.6 Å². The molecule has 2 aliphatic rings. The Kier molecular flexibility index (Phi) is 4.92. The Balaban J connectivity index is 1.28. The second-order valence-corrected chi connectivity index (χ2v) is 7.62. The number of fused-ring (bicyclic) bond motifs is 1. The zero-order valence-corrected chi connectivity index (χ0v) is 16.8. The normalized spacial score (nSPS) is 17.8. The fraction of sp³-hybridized carbons (Fsp3) is 0.286. The number of urea groups is 1. The Morgan fingerprint density at radius 3 is 2.90 bits per heavy atom. The van der Waals surface area contributed by atoms with Crippen molar-refractivity contribution in [3.8, 4) is 23.0 Å². The van der Waals surface area contributed by atoms with Crippen molar-refractivity contribution < 1.29 is 18.7 Å². The molecule has 0 radical (unpaired) electrons. The molecule has 30 heavy (non-hydrogen) atoms. The molecule has 1 aromatic heterocycles. The third-order valence-corrected chi connectivity index (χ3v) is 5.56. The van der Waals surface area contributed by atoms with Gasteiger partial charge in [-0.1, -0.05) is 23.7 Å². The van der Waals surface area contributed by atoms with Crippen LogP contribution in [-0.2, 0) is 0 Å². The molecule has 5 rings (SSSR count). The lowest BCUT2D eigenvalue weighted by molar-refractivity contribution is 0.174. The Morgan fingerprint density at radius 1 is 1.13 bits per heavy atom. The van der Waals surface area contributed by atoms with Gasteiger partial charge in [0.1, 0.15) is 0 Å². The smallest absolute Gasteiger partial charge is 0.321 e. The van der Waals surface area contributed by atoms with Crippen LogP contribution in [0.4, 0.5) is 10.5 Å². The number of nitrogens with zero attached hydrogens (tertiary/aromatic N) is 3. The number of halogens is 1. The molecule has 1 unspecified atom stereocenters. The van der Waals surface area contributed by atoms with E-state index in [1.54, 1.807) is 17.0 Å². The van der Waals surface area contributed by atoms with Crippen molar-refractivity contribution in [2.45, 2.75) is 18.8 Å². The summed E-state index contributed by atoms with van der Waals surface area (Å²) < 4.78 is 16.7. The zero-order valence-electron chi connectivity index (χ0n) is 16.0. The van der Waals surface area contributed by atoms with Crippen LogP contribution in [0.5, 0.6) is 11.5 Å². The summed E-state index contributed by atoms with van der Waals surface area (Å²) in [6, 6.07) is 12.5. The number of carbonyl (C=O) groups is 1. The van der Waals surface area contributed by atoms with Gasteiger partial charge in [0.15, 0.2) is 11.5 Å². The van der Waals surface area contributed by atoms with Gasteiger partial charge in [0.25, 0.3) is 0 Å². The van der Waals surface area contributed by atoms with E-state index in [0.29, 0.717) is 47.1 Å². The number of rotatable bonds is 3. The van der Waals surface area contributed by atoms with Crippen LogP contribution in [0.2, 0.25) is 5.02 Å². The van der Waals surface area contributed by atoms with Gasteiger partial charge in [0, 0.05) is 18.7 Å². The first-order chi connectivity index (χ1) is 14.7. The number of piperidine rings is 1. The van der Waals surface area contributed by atoms with Crippen molar-refractivity contribution in [3.05, 3.63) is 53.4 Å². The molecular weight excluding hydrogens is 408 g/mol. The average molecular weight is 427 g/mol. The lowest BCUT2D eigenvalue weighted by atomic mass is 9.98. The fourth-order valence-electron chi connectivity index (χ4n) is 3.67. The summed E-state index contributed by atoms with van der Waals surface area (Å²) in [7, 11) is 0. The highest BCUT2D eigenvalue weighted by atomic mass is 35.5. The standard InChI is InChI=1S/C21H19ClN4O4/c22-15-5-1-2-6-16(15)23-21(27)26-9-3-4-14(11-26)20-25-24-19(30-20)13-7-8-17-18(10-13)29-12-28-17/h1-2,5-8,10,14H,3-4,9,11-12H2,(H,23,27). The molecular formula is C21H19ClN4O4. The number of aromatic nitrogens is 2. The van der Waals surface area contributed by atoms with Gasteiger partial charge in [0.05, 0.1) is 16.6 Å². The molecule has 0 saturated carbocycles. The van der Waals surface area contributed by atoms with Crippen LogP contribution in [0, 0.1) is 0 Å². The number of likely N-dealkylation sites (tertiary alicyclic amines) is 1. The van der Waals surface area contributed by atoms with Crippen LogP contribution >= 0.6 is 11.6 Å². The summed E-state index contributed by atoms with van der Waals surface area (Å²) in [6.45, 7) is 1.37. The highest BCUT2D eigenvalue weighted by Crippen LogP contribution is 2.36. The topological polar surface area (TPSA) is 89.7 Å². The summed E-state index contributed by atoms with van der Waals surface area (Å²) in [4.78, 5) is 14.4. The number of hydrogen-bond acceptors (Lipinski definition) is 6. The van der Waals surface area contributed by atoms with Gasteiger partial charge in [-0.25, -0.2) is 4.79 Å². The second kappa shape index (κ2) is 7.87. The van der Waals surface area contributed by atoms with Crippen molar-refractivity contribution in [3.63, 3.8) is 0 Å². The summed E-state index contributed by atoms with van der Waals surface area (Å²) in [5, 5.41) is 11.8. The quantitative estimate of drug-likeness (QED) is 0.661. The SMILES string of the molecule is O=C(Nc1ccccc1Cl)N1CCCC(c2nnc(-c3ccc4c(c3)OCO4)o2)C1. The fourth-order valence-corrected chi connectivity index (χ4v) is 3.85. The van der Waals surface area contributed by atoms with E-state index in [2.05, 4.69) is 15.5 Å². The summed E-state index contributed by atoms with van der Waals surface area (Å²) in [5.41, 5.74) is 1.36. The molecule has 2 aliphatic heterocycles. The predicted molar refractivity (Wildman–Crippen MR) is 110 cm³/mol. The molecule has 154 valence electrons. The number of nitrogens with one attached hydrogen (secondary N) is 1. The minimum absolute atomic E-state index is 0.0222. The molecule has 0 bridgehead atoms. The number of ether oxygens (including phenoxy) is 2. The Bertz CT molecular complexity index is 1090. The maximum Gasteiger partial charge on any atom is 0.321 e. The van der Waals surface area contributed by atoms with E-state index in [4.69, 9.17) is 25.5 Å². The van der Waals surface area contributed by atoms with E-state index in [-0.39, 0.29) is 18.7 Å². The number of carbonyl (C=O) groups excluding carboxylic acids is 1. The molecule has 3 heterocycles. The summed E-state index contributed by atoms with van der Waals surface area (Å²) >= 11 is 6.14. The van der Waals surface area contributed by atoms with Crippen LogP contribution in [0.1, 0.15) is 24.7 Å². The molecule has 1 saturated heterocycles. The van der Waals surface area contributed by atoms with Crippen molar-refractivity contribution in [2.75, 3.05) is 25.2 Å². The minimum atomic E-state index is -0.191. The van der Waals surface area contributed by atoms with Gasteiger partial charge >= 0.3 is 6.03 Å². The zero-order chi connectivity index (χ0) is 20.5. The molecule has 2 aromatic carbocycles. The monoisotopic (exact) mass is 426 g/mol. The van der Waals surface area contributed by atoms with Crippen molar-refractivity contribution >= 4 is 23.3 Å². The molecule has 0 spiro atoms. The Hall–Kier alpha value is -3.26. The lowest BCUT2D eigenvalue weighted by Gasteiger charge is -2.31. The molecule has 3 aromatic rings. The predicted octanol–water partition coefficient (Wildman–Crippen LogP) is 4.53. The molecule has 8 nitrogen and oxygen atoms in total. The highest BCUT2D eigenvalue weighted by molar-refractivity contribution is 6.33. The van der Waals surface area contributed by atoms with Gasteiger partial charge in [-0.3, -0.25) is 0 Å². The van der Waals surface area contributed by atoms with Crippen molar-refractivity contribution in [2.24, 2.45) is 0 Å². The van der Waals surface area contributed by atoms with Gasteiger partial charge in [-0.15, -0.1) is 10.2 Å². The van der Waals surface area contributed by atoms with E-state index in [1.807, 2.05) is 30.3 Å². The van der Waals surface area contributed by atoms with Crippen LogP contribution in [0.3, 0.4) is 0 Å². The third-order valence-electron chi connectivity index (χ3n) is 5.23. The number of benzene rings is 2. The first-order valence-corrected chi connectivity index (χ1v) is 10.1. The minimum Gasteiger partial charge on any atom is -0.454 e. The number of hydrogen-bond donors (Lipinski definition) is 1. The molecule has 9 heteroatoms. The maximum atomic E-state index is 12.7. The van der Waals surface area contributed by atoms with E-state index < -0.39 is 0 Å². The van der Waals surface area contributed by atoms with Crippen molar-refractivity contribution in [1.82, 2.24) is 15.1 Å². The number of anilines is 1. The molecule has 2 amide bonds. The lowest BCUT2D eigenvalue weighted by Crippen LogP contribution is -2.41. The first kappa shape index (κ1) is 18.7. The van der Waals surface area contributed by atoms with E-state index in [1.165, 1.54) is 0 Å². The molecule has 1 fully saturated rings. The third kappa shape index (κ3) is 3.66. The van der Waals surface area contributed by atoms with Crippen LogP contribution in [0.25, 0.3) is 11.5 Å². The second-order valence-electron chi connectivity index (χ2n) is 7.21. The molecule has 0 aliphatic carbocycles. The van der Waals surface area contributed by atoms with Gasteiger partial charge in [-0.05, 0) is 43.2 Å². The Labute approximate surface area is 177 Å². The van der Waals surface area contributed by atoms with Gasteiger partial charge < -0.3 is 24.1 Å². The Morgan fingerprint density at radius 2 is 2.00 bits per heavy atom. The average Bonchev–Trinajstić information content (AvgIpc) is 3.44. The number of para-hydroxylation sites is 1.